The number of hydrogen-bond acceptors (Lipinski definition) is 2. The van der Waals surface area contributed by atoms with Crippen molar-refractivity contribution in [3.05, 3.63) is 29.8 Å². The maximum absolute atomic E-state index is 11.9. The third kappa shape index (κ3) is 5.71. The summed E-state index contributed by atoms with van der Waals surface area (Å²) in [6.45, 7) is 4.72. The Morgan fingerprint density at radius 1 is 1.17 bits per heavy atom. The van der Waals surface area contributed by atoms with Gasteiger partial charge in [-0.2, -0.15) is 0 Å². The zero-order valence-corrected chi connectivity index (χ0v) is 14.1. The van der Waals surface area contributed by atoms with Crippen LogP contribution in [0.1, 0.15) is 25.3 Å². The van der Waals surface area contributed by atoms with E-state index in [0.29, 0.717) is 11.4 Å². The van der Waals surface area contributed by atoms with Crippen molar-refractivity contribution in [2.24, 2.45) is 0 Å². The van der Waals surface area contributed by atoms with Crippen molar-refractivity contribution >= 4 is 30.9 Å². The van der Waals surface area contributed by atoms with E-state index in [1.54, 1.807) is 12.1 Å². The van der Waals surface area contributed by atoms with E-state index in [1.807, 2.05) is 19.1 Å². The van der Waals surface area contributed by atoms with Crippen molar-refractivity contribution < 1.29 is 8.42 Å². The van der Waals surface area contributed by atoms with Crippen molar-refractivity contribution in [2.45, 2.75) is 40.5 Å². The summed E-state index contributed by atoms with van der Waals surface area (Å²) in [5, 5.41) is 0. The van der Waals surface area contributed by atoms with Crippen LogP contribution in [0.5, 0.6) is 0 Å². The van der Waals surface area contributed by atoms with E-state index in [-0.39, 0.29) is 20.9 Å². The number of sulfonamides is 1. The second-order valence-electron chi connectivity index (χ2n) is 4.18. The average Bonchev–Trinajstić information content (AvgIpc) is 2.34. The molecule has 1 aromatic rings. The zero-order chi connectivity index (χ0) is 13.4. The minimum absolute atomic E-state index is 0.00703. The molecule has 0 unspecified atom stereocenters. The van der Waals surface area contributed by atoms with Crippen LogP contribution in [0.2, 0.25) is 8.94 Å². The van der Waals surface area contributed by atoms with Crippen LogP contribution in [0.4, 0.5) is 0 Å². The monoisotopic (exact) mass is 385 g/mol. The molecule has 102 valence electrons. The molecule has 0 saturated carbocycles. The average molecular weight is 383 g/mol. The Kier molecular flexibility index (Phi) is 7.24. The van der Waals surface area contributed by atoms with Crippen LogP contribution < -0.4 is 4.72 Å². The van der Waals surface area contributed by atoms with E-state index in [9.17, 15) is 8.42 Å². The standard InChI is InChI=1S/C13H21NO2STe/c1-3-4-10-18-11-9-14-17(15,16)13-7-5-12(2)6-8-13/h5-8,14H,3-4,9-11H2,1-2H3. The molecule has 0 amide bonds. The van der Waals surface area contributed by atoms with Gasteiger partial charge >= 0.3 is 121 Å². The number of unbranched alkanes of at least 4 members (excludes halogenated alkanes) is 1. The predicted molar refractivity (Wildman–Crippen MR) is 76.6 cm³/mol. The summed E-state index contributed by atoms with van der Waals surface area (Å²) in [6.07, 6.45) is 2.52. The van der Waals surface area contributed by atoms with E-state index in [1.165, 1.54) is 17.3 Å². The van der Waals surface area contributed by atoms with E-state index < -0.39 is 10.0 Å². The first kappa shape index (κ1) is 16.0. The first-order chi connectivity index (χ1) is 8.56. The van der Waals surface area contributed by atoms with Crippen LogP contribution >= 0.6 is 0 Å². The van der Waals surface area contributed by atoms with Gasteiger partial charge in [-0.3, -0.25) is 0 Å². The fourth-order valence-electron chi connectivity index (χ4n) is 1.40. The Hall–Kier alpha value is -0.0804. The van der Waals surface area contributed by atoms with Crippen molar-refractivity contribution in [3.8, 4) is 0 Å². The Labute approximate surface area is 120 Å². The Morgan fingerprint density at radius 3 is 2.44 bits per heavy atom. The maximum atomic E-state index is 11.9. The van der Waals surface area contributed by atoms with Gasteiger partial charge in [-0.15, -0.1) is 0 Å². The van der Waals surface area contributed by atoms with Gasteiger partial charge in [0.05, 0.1) is 0 Å². The molecular weight excluding hydrogens is 362 g/mol. The number of aryl methyl sites for hydroxylation is 1. The fourth-order valence-corrected chi connectivity index (χ4v) is 5.53. The van der Waals surface area contributed by atoms with E-state index in [4.69, 9.17) is 0 Å². The molecule has 1 N–H and O–H groups in total. The molecule has 0 saturated heterocycles. The molecule has 1 rings (SSSR count). The topological polar surface area (TPSA) is 46.2 Å². The summed E-state index contributed by atoms with van der Waals surface area (Å²) in [5.74, 6) is 0. The van der Waals surface area contributed by atoms with Gasteiger partial charge in [0.25, 0.3) is 0 Å². The van der Waals surface area contributed by atoms with Gasteiger partial charge in [-0.1, -0.05) is 0 Å². The number of benzene rings is 1. The molecule has 0 fully saturated rings. The van der Waals surface area contributed by atoms with Gasteiger partial charge in [0.15, 0.2) is 0 Å². The van der Waals surface area contributed by atoms with Gasteiger partial charge in [-0.05, 0) is 0 Å². The molecular formula is C13H21NO2STe. The Morgan fingerprint density at radius 2 is 1.83 bits per heavy atom. The van der Waals surface area contributed by atoms with Crippen LogP contribution in [0.3, 0.4) is 0 Å². The third-order valence-electron chi connectivity index (χ3n) is 2.51. The predicted octanol–water partition coefficient (Wildman–Crippen LogP) is 2.61. The Balaban J connectivity index is 2.38. The van der Waals surface area contributed by atoms with E-state index in [0.717, 1.165) is 10.0 Å². The number of hydrogen-bond donors (Lipinski definition) is 1. The van der Waals surface area contributed by atoms with Crippen LogP contribution in [0, 0.1) is 6.92 Å². The molecule has 0 aliphatic heterocycles. The van der Waals surface area contributed by atoms with Gasteiger partial charge in [0.1, 0.15) is 0 Å². The molecule has 0 aliphatic rings. The third-order valence-corrected chi connectivity index (χ3v) is 7.04. The number of nitrogens with one attached hydrogen (secondary N) is 1. The molecule has 0 aromatic heterocycles. The minimum atomic E-state index is -3.30. The second kappa shape index (κ2) is 8.16. The van der Waals surface area contributed by atoms with E-state index >= 15 is 0 Å². The molecule has 0 radical (unpaired) electrons. The SMILES string of the molecule is CCCC[Te]CCNS(=O)(=O)c1ccc(C)cc1. The summed E-state index contributed by atoms with van der Waals surface area (Å²) in [7, 11) is -3.30. The molecule has 1 aromatic carbocycles. The first-order valence-corrected chi connectivity index (χ1v) is 11.0. The summed E-state index contributed by atoms with van der Waals surface area (Å²) in [5.41, 5.74) is 1.07. The summed E-state index contributed by atoms with van der Waals surface area (Å²) in [6, 6.07) is 6.96. The summed E-state index contributed by atoms with van der Waals surface area (Å²) in [4.78, 5) is 0.363. The van der Waals surface area contributed by atoms with Gasteiger partial charge in [0.2, 0.25) is 0 Å². The quantitative estimate of drug-likeness (QED) is 0.555. The van der Waals surface area contributed by atoms with Crippen LogP contribution in [0.25, 0.3) is 0 Å². The molecule has 5 heteroatoms. The van der Waals surface area contributed by atoms with Gasteiger partial charge in [0, 0.05) is 0 Å². The van der Waals surface area contributed by atoms with Crippen LogP contribution in [-0.2, 0) is 10.0 Å². The molecule has 3 nitrogen and oxygen atoms in total. The summed E-state index contributed by atoms with van der Waals surface area (Å²) >= 11 is -0.00703. The van der Waals surface area contributed by atoms with Crippen LogP contribution in [-0.4, -0.2) is 35.9 Å². The van der Waals surface area contributed by atoms with Crippen molar-refractivity contribution in [2.75, 3.05) is 6.54 Å². The number of rotatable bonds is 8. The van der Waals surface area contributed by atoms with Gasteiger partial charge in [-0.25, -0.2) is 0 Å². The summed E-state index contributed by atoms with van der Waals surface area (Å²) < 4.78 is 28.9. The fraction of sp³-hybridized carbons (Fsp3) is 0.538. The molecule has 0 heterocycles. The molecule has 0 bridgehead atoms. The van der Waals surface area contributed by atoms with E-state index in [2.05, 4.69) is 11.6 Å². The second-order valence-corrected chi connectivity index (χ2v) is 9.44. The van der Waals surface area contributed by atoms with Crippen LogP contribution in [0.15, 0.2) is 29.2 Å². The molecule has 0 spiro atoms. The molecule has 0 aliphatic carbocycles. The zero-order valence-electron chi connectivity index (χ0n) is 11.0. The van der Waals surface area contributed by atoms with Crippen molar-refractivity contribution in [1.82, 2.24) is 4.72 Å². The first-order valence-electron chi connectivity index (χ1n) is 6.20. The molecule has 0 atom stereocenters. The van der Waals surface area contributed by atoms with Crippen molar-refractivity contribution in [1.29, 1.82) is 0 Å². The van der Waals surface area contributed by atoms with Crippen molar-refractivity contribution in [3.63, 3.8) is 0 Å². The molecule has 18 heavy (non-hydrogen) atoms. The Bertz CT molecular complexity index is 443. The van der Waals surface area contributed by atoms with Gasteiger partial charge < -0.3 is 0 Å². The normalized spacial score (nSPS) is 11.7.